The zero-order valence-corrected chi connectivity index (χ0v) is 19.7. The molecule has 2 N–H and O–H groups in total. The number of hydrogen-bond acceptors (Lipinski definition) is 7. The maximum Gasteiger partial charge on any atom is 0.284 e. The zero-order chi connectivity index (χ0) is 23.7. The number of sulfonamides is 2. The van der Waals surface area contributed by atoms with Crippen molar-refractivity contribution in [2.24, 2.45) is 4.40 Å². The highest BCUT2D eigenvalue weighted by molar-refractivity contribution is 7.90. The van der Waals surface area contributed by atoms with Gasteiger partial charge in [0.2, 0.25) is 15.9 Å². The molecule has 32 heavy (non-hydrogen) atoms. The smallest absolute Gasteiger partial charge is 0.284 e. The highest BCUT2D eigenvalue weighted by atomic mass is 32.2. The molecule has 3 rings (SSSR count). The van der Waals surface area contributed by atoms with Crippen LogP contribution in [0.1, 0.15) is 31.2 Å². The second-order valence-electron chi connectivity index (χ2n) is 7.52. The van der Waals surface area contributed by atoms with Gasteiger partial charge < -0.3 is 14.7 Å². The van der Waals surface area contributed by atoms with E-state index in [1.165, 1.54) is 45.0 Å². The Morgan fingerprint density at radius 2 is 1.97 bits per heavy atom. The molecule has 0 aliphatic carbocycles. The molecule has 0 radical (unpaired) electrons. The summed E-state index contributed by atoms with van der Waals surface area (Å²) >= 11 is 0. The predicted molar refractivity (Wildman–Crippen MR) is 117 cm³/mol. The number of carbonyl (C=O) groups is 1. The van der Waals surface area contributed by atoms with E-state index in [2.05, 4.69) is 19.6 Å². The van der Waals surface area contributed by atoms with E-state index in [0.717, 1.165) is 13.0 Å². The number of hydrogen-bond donors (Lipinski definition) is 2. The van der Waals surface area contributed by atoms with Crippen molar-refractivity contribution in [1.82, 2.24) is 14.8 Å². The number of aromatic nitrogens is 1. The monoisotopic (exact) mass is 483 g/mol. The second kappa shape index (κ2) is 9.00. The van der Waals surface area contributed by atoms with Gasteiger partial charge in [0.15, 0.2) is 5.76 Å². The highest BCUT2D eigenvalue weighted by Gasteiger charge is 2.28. The lowest BCUT2D eigenvalue weighted by molar-refractivity contribution is -0.117. The van der Waals surface area contributed by atoms with Crippen LogP contribution in [0.15, 0.2) is 43.0 Å². The molecule has 1 aromatic heterocycles. The summed E-state index contributed by atoms with van der Waals surface area (Å²) in [6.45, 7) is 5.05. The molecule has 1 amide bonds. The lowest BCUT2D eigenvalue weighted by atomic mass is 10.3. The molecule has 1 aliphatic heterocycles. The van der Waals surface area contributed by atoms with Crippen molar-refractivity contribution in [3.05, 3.63) is 35.7 Å². The van der Waals surface area contributed by atoms with Gasteiger partial charge in [0.1, 0.15) is 16.4 Å². The van der Waals surface area contributed by atoms with Gasteiger partial charge in [0, 0.05) is 25.7 Å². The Morgan fingerprint density at radius 3 is 2.56 bits per heavy atom. The zero-order valence-electron chi connectivity index (χ0n) is 18.1. The van der Waals surface area contributed by atoms with Gasteiger partial charge in [-0.05, 0) is 45.4 Å². The number of amidine groups is 1. The molecule has 174 valence electrons. The van der Waals surface area contributed by atoms with E-state index < -0.39 is 32.0 Å². The first-order chi connectivity index (χ1) is 14.9. The molecule has 13 heteroatoms. The van der Waals surface area contributed by atoms with Crippen LogP contribution in [-0.2, 0) is 24.8 Å². The van der Waals surface area contributed by atoms with E-state index in [0.29, 0.717) is 12.3 Å². The first kappa shape index (κ1) is 23.9. The van der Waals surface area contributed by atoms with E-state index in [9.17, 15) is 21.6 Å². The van der Waals surface area contributed by atoms with Gasteiger partial charge >= 0.3 is 0 Å². The van der Waals surface area contributed by atoms with Crippen LogP contribution in [-0.4, -0.2) is 58.3 Å². The molecule has 1 fully saturated rings. The summed E-state index contributed by atoms with van der Waals surface area (Å²) in [5.41, 5.74) is 0.370. The van der Waals surface area contributed by atoms with Crippen molar-refractivity contribution in [1.29, 1.82) is 0 Å². The standard InChI is InChI=1S/C19H25N5O6S2/c1-12-18(14(3)30-21-12)32(28,29)22-13(2)19(25)20-15-7-5-8-16(11-15)31(26,27)23-17-9-6-10-24(17)4/h5,7-8,11,13,22H,6,9-10H2,1-4H3,(H,20,25)/t13-/m0/s1. The van der Waals surface area contributed by atoms with Gasteiger partial charge in [-0.1, -0.05) is 11.2 Å². The van der Waals surface area contributed by atoms with E-state index in [1.807, 2.05) is 0 Å². The van der Waals surface area contributed by atoms with E-state index in [-0.39, 0.29) is 26.9 Å². The Labute approximate surface area is 187 Å². The van der Waals surface area contributed by atoms with E-state index in [1.54, 1.807) is 11.9 Å². The largest absolute Gasteiger partial charge is 0.362 e. The predicted octanol–water partition coefficient (Wildman–Crippen LogP) is 1.41. The van der Waals surface area contributed by atoms with Crippen molar-refractivity contribution in [2.75, 3.05) is 18.9 Å². The third kappa shape index (κ3) is 5.16. The van der Waals surface area contributed by atoms with Gasteiger partial charge in [-0.25, -0.2) is 8.42 Å². The molecular formula is C19H25N5O6S2. The summed E-state index contributed by atoms with van der Waals surface area (Å²) in [7, 11) is -6.23. The van der Waals surface area contributed by atoms with Crippen LogP contribution in [0, 0.1) is 13.8 Å². The number of rotatable bonds is 7. The van der Waals surface area contributed by atoms with Crippen LogP contribution in [0.4, 0.5) is 5.69 Å². The molecule has 0 spiro atoms. The van der Waals surface area contributed by atoms with Crippen molar-refractivity contribution in [3.63, 3.8) is 0 Å². The van der Waals surface area contributed by atoms with Crippen molar-refractivity contribution < 1.29 is 26.2 Å². The van der Waals surface area contributed by atoms with Crippen LogP contribution >= 0.6 is 0 Å². The van der Waals surface area contributed by atoms with Crippen LogP contribution in [0.3, 0.4) is 0 Å². The van der Waals surface area contributed by atoms with Crippen LogP contribution in [0.25, 0.3) is 0 Å². The van der Waals surface area contributed by atoms with Crippen LogP contribution in [0.2, 0.25) is 0 Å². The Hall–Kier alpha value is -2.77. The van der Waals surface area contributed by atoms with Gasteiger partial charge in [0.25, 0.3) is 10.0 Å². The first-order valence-corrected chi connectivity index (χ1v) is 12.7. The quantitative estimate of drug-likeness (QED) is 0.600. The molecule has 0 saturated carbocycles. The summed E-state index contributed by atoms with van der Waals surface area (Å²) in [5.74, 6) is -0.0754. The molecule has 1 atom stereocenters. The molecular weight excluding hydrogens is 458 g/mol. The third-order valence-electron chi connectivity index (χ3n) is 4.92. The first-order valence-electron chi connectivity index (χ1n) is 9.82. The number of nitrogens with one attached hydrogen (secondary N) is 2. The highest BCUT2D eigenvalue weighted by Crippen LogP contribution is 2.21. The molecule has 1 aromatic carbocycles. The maximum absolute atomic E-state index is 12.7. The van der Waals surface area contributed by atoms with E-state index >= 15 is 0 Å². The Kier molecular flexibility index (Phi) is 6.72. The minimum Gasteiger partial charge on any atom is -0.362 e. The SMILES string of the molecule is Cc1noc(C)c1S(=O)(=O)N[C@@H](C)C(=O)Nc1cccc(S(=O)(=O)N=C2CCCN2C)c1. The lowest BCUT2D eigenvalue weighted by Crippen LogP contribution is -2.41. The summed E-state index contributed by atoms with van der Waals surface area (Å²) in [6, 6.07) is 4.48. The van der Waals surface area contributed by atoms with Gasteiger partial charge in [-0.15, -0.1) is 4.40 Å². The summed E-state index contributed by atoms with van der Waals surface area (Å²) in [5, 5.41) is 6.14. The Morgan fingerprint density at radius 1 is 1.25 bits per heavy atom. The number of amides is 1. The molecule has 2 heterocycles. The molecule has 0 bridgehead atoms. The molecule has 0 unspecified atom stereocenters. The normalized spacial score (nSPS) is 17.0. The number of aryl methyl sites for hydroxylation is 2. The average molecular weight is 484 g/mol. The summed E-state index contributed by atoms with van der Waals surface area (Å²) < 4.78 is 61.5. The van der Waals surface area contributed by atoms with Crippen LogP contribution < -0.4 is 10.0 Å². The number of carbonyl (C=O) groups excluding carboxylic acids is 1. The molecule has 2 aromatic rings. The minimum absolute atomic E-state index is 0.0768. The number of benzene rings is 1. The fourth-order valence-electron chi connectivity index (χ4n) is 3.29. The maximum atomic E-state index is 12.7. The van der Waals surface area contributed by atoms with Gasteiger partial charge in [-0.2, -0.15) is 13.1 Å². The fourth-order valence-corrected chi connectivity index (χ4v) is 5.96. The fraction of sp³-hybridized carbons (Fsp3) is 0.421. The van der Waals surface area contributed by atoms with E-state index in [4.69, 9.17) is 4.52 Å². The Balaban J connectivity index is 1.74. The Bertz CT molecular complexity index is 1250. The van der Waals surface area contributed by atoms with Gasteiger partial charge in [0.05, 0.1) is 10.9 Å². The summed E-state index contributed by atoms with van der Waals surface area (Å²) in [6.07, 6.45) is 1.41. The lowest BCUT2D eigenvalue weighted by Gasteiger charge is -2.15. The molecule has 1 aliphatic rings. The topological polar surface area (TPSA) is 151 Å². The number of anilines is 1. The minimum atomic E-state index is -4.05. The second-order valence-corrected chi connectivity index (χ2v) is 10.8. The van der Waals surface area contributed by atoms with Gasteiger partial charge in [-0.3, -0.25) is 4.79 Å². The number of likely N-dealkylation sites (tertiary alicyclic amines) is 1. The van der Waals surface area contributed by atoms with Crippen molar-refractivity contribution >= 4 is 37.5 Å². The molecule has 11 nitrogen and oxygen atoms in total. The van der Waals surface area contributed by atoms with Crippen LogP contribution in [0.5, 0.6) is 0 Å². The number of nitrogens with zero attached hydrogens (tertiary/aromatic N) is 3. The third-order valence-corrected chi connectivity index (χ3v) is 8.01. The van der Waals surface area contributed by atoms with Crippen molar-refractivity contribution in [2.45, 2.75) is 49.4 Å². The average Bonchev–Trinajstić information content (AvgIpc) is 3.26. The molecule has 1 saturated heterocycles. The summed E-state index contributed by atoms with van der Waals surface area (Å²) in [4.78, 5) is 14.1. The van der Waals surface area contributed by atoms with Crippen molar-refractivity contribution in [3.8, 4) is 0 Å².